The van der Waals surface area contributed by atoms with Gasteiger partial charge in [-0.15, -0.1) is 0 Å². The summed E-state index contributed by atoms with van der Waals surface area (Å²) < 4.78 is 6.60. The molecule has 0 spiro atoms. The summed E-state index contributed by atoms with van der Waals surface area (Å²) in [4.78, 5) is 25.4. The predicted octanol–water partition coefficient (Wildman–Crippen LogP) is 4.82. The smallest absolute Gasteiger partial charge is 0.254 e. The number of hydrogen-bond acceptors (Lipinski definition) is 4. The molecule has 2 aliphatic carbocycles. The number of halogens is 2. The van der Waals surface area contributed by atoms with Crippen LogP contribution in [-0.2, 0) is 16.2 Å². The number of ether oxygens (including phenoxy) is 1. The molecular weight excluding hydrogens is 468 g/mol. The van der Waals surface area contributed by atoms with Gasteiger partial charge in [0.05, 0.1) is 22.5 Å². The van der Waals surface area contributed by atoms with Crippen LogP contribution in [0.2, 0.25) is 5.02 Å². The fraction of sp³-hybridized carbons (Fsp3) is 0.261. The van der Waals surface area contributed by atoms with Gasteiger partial charge in [0.25, 0.3) is 11.8 Å². The molecule has 2 amide bonds. The molecule has 4 atom stereocenters. The van der Waals surface area contributed by atoms with E-state index in [1.807, 2.05) is 42.5 Å². The topological polar surface area (TPSA) is 59.0 Å². The van der Waals surface area contributed by atoms with Crippen molar-refractivity contribution in [1.82, 2.24) is 5.01 Å². The molecular formula is C23H18BrClN2O3. The molecule has 2 aromatic carbocycles. The van der Waals surface area contributed by atoms with Crippen molar-refractivity contribution >= 4 is 45.6 Å². The number of carbonyl (C=O) groups excluding carboxylic acids is 2. The van der Waals surface area contributed by atoms with Crippen molar-refractivity contribution in [2.75, 3.05) is 0 Å². The van der Waals surface area contributed by atoms with Gasteiger partial charge < -0.3 is 4.74 Å². The van der Waals surface area contributed by atoms with Crippen LogP contribution in [0.1, 0.15) is 17.5 Å². The van der Waals surface area contributed by atoms with E-state index >= 15 is 0 Å². The first-order valence-corrected chi connectivity index (χ1v) is 11.0. The van der Waals surface area contributed by atoms with E-state index in [0.717, 1.165) is 27.0 Å². The van der Waals surface area contributed by atoms with Gasteiger partial charge in [-0.1, -0.05) is 42.0 Å². The summed E-state index contributed by atoms with van der Waals surface area (Å²) in [6.45, 7) is 0.349. The number of hydrazone groups is 1. The van der Waals surface area contributed by atoms with Gasteiger partial charge in [0.2, 0.25) is 0 Å². The SMILES string of the molecule is O=C1[C@@H]2[C@H](C(=O)N1N=Cc1ccc(OCc3ccccc3Cl)c(Br)c1)[C@H]1C=C[C@H]2C1. The van der Waals surface area contributed by atoms with Gasteiger partial charge in [-0.2, -0.15) is 10.1 Å². The van der Waals surface area contributed by atoms with Crippen LogP contribution in [0.5, 0.6) is 5.75 Å². The quantitative estimate of drug-likeness (QED) is 0.346. The molecule has 5 rings (SSSR count). The van der Waals surface area contributed by atoms with Gasteiger partial charge in [0.15, 0.2) is 0 Å². The molecule has 1 aliphatic heterocycles. The number of fused-ring (bicyclic) bond motifs is 5. The average molecular weight is 486 g/mol. The van der Waals surface area contributed by atoms with Crippen molar-refractivity contribution in [3.8, 4) is 5.75 Å². The second-order valence-electron chi connectivity index (χ2n) is 7.80. The van der Waals surface area contributed by atoms with Crippen LogP contribution in [0.3, 0.4) is 0 Å². The van der Waals surface area contributed by atoms with Crippen LogP contribution in [0.4, 0.5) is 0 Å². The molecule has 3 aliphatic rings. The molecule has 0 N–H and O–H groups in total. The van der Waals surface area contributed by atoms with E-state index in [2.05, 4.69) is 33.2 Å². The number of amides is 2. The molecule has 2 fully saturated rings. The van der Waals surface area contributed by atoms with E-state index < -0.39 is 0 Å². The Hall–Kier alpha value is -2.44. The normalized spacial score (nSPS) is 26.8. The lowest BCUT2D eigenvalue weighted by Gasteiger charge is -2.13. The van der Waals surface area contributed by atoms with Gasteiger partial charge in [0, 0.05) is 10.6 Å². The third kappa shape index (κ3) is 3.28. The van der Waals surface area contributed by atoms with Gasteiger partial charge in [-0.25, -0.2) is 0 Å². The number of hydrogen-bond donors (Lipinski definition) is 0. The Bertz CT molecular complexity index is 1070. The average Bonchev–Trinajstić information content (AvgIpc) is 3.41. The van der Waals surface area contributed by atoms with E-state index in [9.17, 15) is 9.59 Å². The maximum absolute atomic E-state index is 12.7. The number of nitrogens with zero attached hydrogens (tertiary/aromatic N) is 2. The molecule has 0 aromatic heterocycles. The van der Waals surface area contributed by atoms with Gasteiger partial charge in [-0.05, 0) is 64.0 Å². The highest BCUT2D eigenvalue weighted by Gasteiger charge is 2.59. The maximum atomic E-state index is 12.7. The minimum atomic E-state index is -0.239. The highest BCUT2D eigenvalue weighted by Crippen LogP contribution is 2.52. The number of carbonyl (C=O) groups is 2. The highest BCUT2D eigenvalue weighted by molar-refractivity contribution is 9.10. The molecule has 1 saturated carbocycles. The van der Waals surface area contributed by atoms with Gasteiger partial charge >= 0.3 is 0 Å². The van der Waals surface area contributed by atoms with Crippen LogP contribution in [0.15, 0.2) is 64.2 Å². The molecule has 2 aromatic rings. The maximum Gasteiger partial charge on any atom is 0.254 e. The van der Waals surface area contributed by atoms with E-state index in [1.165, 1.54) is 6.21 Å². The molecule has 152 valence electrons. The summed E-state index contributed by atoms with van der Waals surface area (Å²) in [6, 6.07) is 13.0. The molecule has 1 saturated heterocycles. The molecule has 5 nitrogen and oxygen atoms in total. The standard InChI is InChI=1S/C23H18BrClN2O3/c24-17-9-13(5-8-19(17)30-12-16-3-1-2-4-18(16)25)11-26-27-22(28)20-14-6-7-15(10-14)21(20)23(27)29/h1-9,11,14-15,20-21H,10,12H2/t14-,15-,20-,21+/m0/s1. The van der Waals surface area contributed by atoms with Crippen molar-refractivity contribution in [2.45, 2.75) is 13.0 Å². The monoisotopic (exact) mass is 484 g/mol. The van der Waals surface area contributed by atoms with Crippen LogP contribution in [-0.4, -0.2) is 23.0 Å². The lowest BCUT2D eigenvalue weighted by atomic mass is 9.85. The Morgan fingerprint density at radius 1 is 1.10 bits per heavy atom. The molecule has 0 unspecified atom stereocenters. The fourth-order valence-electron chi connectivity index (χ4n) is 4.61. The summed E-state index contributed by atoms with van der Waals surface area (Å²) in [5, 5.41) is 5.92. The fourth-order valence-corrected chi connectivity index (χ4v) is 5.31. The lowest BCUT2D eigenvalue weighted by molar-refractivity contribution is -0.140. The predicted molar refractivity (Wildman–Crippen MR) is 117 cm³/mol. The van der Waals surface area contributed by atoms with E-state index in [0.29, 0.717) is 17.4 Å². The number of imide groups is 1. The Morgan fingerprint density at radius 2 is 1.80 bits per heavy atom. The number of allylic oxidation sites excluding steroid dienone is 2. The molecule has 1 heterocycles. The van der Waals surface area contributed by atoms with Crippen molar-refractivity contribution < 1.29 is 14.3 Å². The minimum Gasteiger partial charge on any atom is -0.488 e. The van der Waals surface area contributed by atoms with E-state index in [1.54, 1.807) is 0 Å². The zero-order chi connectivity index (χ0) is 20.8. The summed E-state index contributed by atoms with van der Waals surface area (Å²) in [6.07, 6.45) is 6.59. The number of rotatable bonds is 5. The van der Waals surface area contributed by atoms with E-state index in [4.69, 9.17) is 16.3 Å². The first-order chi connectivity index (χ1) is 14.5. The summed E-state index contributed by atoms with van der Waals surface area (Å²) in [7, 11) is 0. The summed E-state index contributed by atoms with van der Waals surface area (Å²) in [5.41, 5.74) is 1.66. The van der Waals surface area contributed by atoms with Crippen molar-refractivity contribution in [3.63, 3.8) is 0 Å². The van der Waals surface area contributed by atoms with E-state index in [-0.39, 0.29) is 35.5 Å². The zero-order valence-electron chi connectivity index (χ0n) is 15.9. The zero-order valence-corrected chi connectivity index (χ0v) is 18.2. The minimum absolute atomic E-state index is 0.181. The molecule has 0 radical (unpaired) electrons. The van der Waals surface area contributed by atoms with Crippen LogP contribution >= 0.6 is 27.5 Å². The molecule has 7 heteroatoms. The largest absolute Gasteiger partial charge is 0.488 e. The lowest BCUT2D eigenvalue weighted by Crippen LogP contribution is -2.28. The first kappa shape index (κ1) is 19.5. The van der Waals surface area contributed by atoms with Gasteiger partial charge in [-0.3, -0.25) is 9.59 Å². The molecule has 2 bridgehead atoms. The third-order valence-electron chi connectivity index (χ3n) is 6.07. The Labute approximate surface area is 187 Å². The molecule has 30 heavy (non-hydrogen) atoms. The van der Waals surface area contributed by atoms with Crippen LogP contribution in [0, 0.1) is 23.7 Å². The third-order valence-corrected chi connectivity index (χ3v) is 7.05. The van der Waals surface area contributed by atoms with Crippen LogP contribution in [0.25, 0.3) is 0 Å². The van der Waals surface area contributed by atoms with Crippen molar-refractivity contribution in [1.29, 1.82) is 0 Å². The Morgan fingerprint density at radius 3 is 2.47 bits per heavy atom. The highest BCUT2D eigenvalue weighted by atomic mass is 79.9. The Balaban J connectivity index is 1.27. The summed E-state index contributed by atoms with van der Waals surface area (Å²) in [5.74, 6) is 0.181. The first-order valence-electron chi connectivity index (χ1n) is 9.79. The second kappa shape index (κ2) is 7.67. The second-order valence-corrected chi connectivity index (χ2v) is 9.06. The van der Waals surface area contributed by atoms with Crippen molar-refractivity contribution in [3.05, 3.63) is 75.2 Å². The number of benzene rings is 2. The Kier molecular flexibility index (Phi) is 4.99. The van der Waals surface area contributed by atoms with Crippen LogP contribution < -0.4 is 4.74 Å². The van der Waals surface area contributed by atoms with Crippen molar-refractivity contribution in [2.24, 2.45) is 28.8 Å². The summed E-state index contributed by atoms with van der Waals surface area (Å²) >= 11 is 9.67. The van der Waals surface area contributed by atoms with Gasteiger partial charge in [0.1, 0.15) is 12.4 Å².